The van der Waals surface area contributed by atoms with Gasteiger partial charge in [-0.05, 0) is 61.2 Å². The third kappa shape index (κ3) is 7.15. The molecule has 2 fully saturated rings. The summed E-state index contributed by atoms with van der Waals surface area (Å²) in [5.41, 5.74) is 1.77. The zero-order chi connectivity index (χ0) is 31.5. The first kappa shape index (κ1) is 30.7. The molecule has 4 atom stereocenters. The fourth-order valence-corrected chi connectivity index (χ4v) is 6.38. The summed E-state index contributed by atoms with van der Waals surface area (Å²) in [5.74, 6) is -2.82. The lowest BCUT2D eigenvalue weighted by molar-refractivity contribution is -0.134. The van der Waals surface area contributed by atoms with Crippen LogP contribution in [0.5, 0.6) is 5.75 Å². The molecule has 0 aliphatic carbocycles. The Morgan fingerprint density at radius 3 is 2.60 bits per heavy atom. The van der Waals surface area contributed by atoms with Gasteiger partial charge in [-0.25, -0.2) is 8.78 Å². The van der Waals surface area contributed by atoms with Gasteiger partial charge < -0.3 is 25.0 Å². The van der Waals surface area contributed by atoms with E-state index in [2.05, 4.69) is 27.7 Å². The Hall–Kier alpha value is -4.35. The average Bonchev–Trinajstić information content (AvgIpc) is 3.47. The smallest absolute Gasteiger partial charge is 0.257 e. The summed E-state index contributed by atoms with van der Waals surface area (Å²) in [6.07, 6.45) is 1.71. The average molecular weight is 619 g/mol. The number of likely N-dealkylation sites (N-methyl/N-ethyl adjacent to an activating group) is 1. The molecule has 0 bridgehead atoms. The van der Waals surface area contributed by atoms with Gasteiger partial charge in [0.15, 0.2) is 11.6 Å². The highest BCUT2D eigenvalue weighted by Crippen LogP contribution is 2.33. The third-order valence-corrected chi connectivity index (χ3v) is 8.75. The summed E-state index contributed by atoms with van der Waals surface area (Å²) in [6, 6.07) is 17.7. The number of anilines is 1. The second-order valence-electron chi connectivity index (χ2n) is 11.9. The second-order valence-corrected chi connectivity index (χ2v) is 11.9. The van der Waals surface area contributed by atoms with Crippen LogP contribution in [0.15, 0.2) is 66.7 Å². The van der Waals surface area contributed by atoms with Gasteiger partial charge in [0.05, 0.1) is 24.1 Å². The van der Waals surface area contributed by atoms with Crippen molar-refractivity contribution in [3.05, 3.63) is 95.1 Å². The monoisotopic (exact) mass is 618 g/mol. The lowest BCUT2D eigenvalue weighted by atomic mass is 9.94. The van der Waals surface area contributed by atoms with E-state index < -0.39 is 23.6 Å². The highest BCUT2D eigenvalue weighted by Gasteiger charge is 2.39. The second kappa shape index (κ2) is 13.3. The summed E-state index contributed by atoms with van der Waals surface area (Å²) in [4.78, 5) is 43.1. The molecule has 0 saturated carbocycles. The van der Waals surface area contributed by atoms with Gasteiger partial charge in [-0.1, -0.05) is 30.3 Å². The zero-order valence-electron chi connectivity index (χ0n) is 25.0. The number of nitrogens with zero attached hydrogens (tertiary/aromatic N) is 2. The molecule has 0 spiro atoms. The Morgan fingerprint density at radius 1 is 0.978 bits per heavy atom. The van der Waals surface area contributed by atoms with E-state index in [0.717, 1.165) is 38.2 Å². The van der Waals surface area contributed by atoms with E-state index in [0.29, 0.717) is 24.3 Å². The van der Waals surface area contributed by atoms with Crippen molar-refractivity contribution < 1.29 is 32.6 Å². The fraction of sp³-hybridized carbons (Fsp3) is 0.382. The van der Waals surface area contributed by atoms with Gasteiger partial charge in [0.2, 0.25) is 5.91 Å². The van der Waals surface area contributed by atoms with Crippen molar-refractivity contribution in [2.45, 2.75) is 56.5 Å². The van der Waals surface area contributed by atoms with Gasteiger partial charge >= 0.3 is 0 Å². The minimum Gasteiger partial charge on any atom is -0.490 e. The van der Waals surface area contributed by atoms with E-state index in [1.54, 1.807) is 24.1 Å². The molecule has 3 heterocycles. The Kier molecular flexibility index (Phi) is 9.09. The number of amides is 3. The van der Waals surface area contributed by atoms with E-state index in [9.17, 15) is 23.2 Å². The van der Waals surface area contributed by atoms with E-state index in [4.69, 9.17) is 9.47 Å². The van der Waals surface area contributed by atoms with Crippen LogP contribution in [-0.2, 0) is 16.1 Å². The molecular formula is C34H36F2N4O5. The third-order valence-electron chi connectivity index (χ3n) is 8.75. The molecule has 6 rings (SSSR count). The Morgan fingerprint density at radius 2 is 1.80 bits per heavy atom. The highest BCUT2D eigenvalue weighted by molar-refractivity contribution is 6.05. The Bertz CT molecular complexity index is 1570. The van der Waals surface area contributed by atoms with Crippen molar-refractivity contribution in [1.29, 1.82) is 0 Å². The van der Waals surface area contributed by atoms with Crippen molar-refractivity contribution in [2.75, 3.05) is 32.1 Å². The number of likely N-dealkylation sites (tertiary alicyclic amines) is 1. The van der Waals surface area contributed by atoms with Gasteiger partial charge in [0.25, 0.3) is 11.8 Å². The van der Waals surface area contributed by atoms with E-state index in [-0.39, 0.29) is 54.2 Å². The first-order chi connectivity index (χ1) is 21.7. The van der Waals surface area contributed by atoms with Gasteiger partial charge in [-0.3, -0.25) is 19.3 Å². The molecule has 45 heavy (non-hydrogen) atoms. The number of nitrogens with one attached hydrogen (secondary N) is 2. The number of rotatable bonds is 7. The summed E-state index contributed by atoms with van der Waals surface area (Å²) >= 11 is 0. The van der Waals surface area contributed by atoms with Crippen molar-refractivity contribution in [3.8, 4) is 5.75 Å². The molecule has 3 aliphatic heterocycles. The molecule has 3 amide bonds. The topological polar surface area (TPSA) is 100 Å². The normalized spacial score (nSPS) is 23.3. The summed E-state index contributed by atoms with van der Waals surface area (Å²) in [7, 11) is 1.71. The molecule has 11 heteroatoms. The molecule has 3 aromatic rings. The number of ether oxygens (including phenoxy) is 2. The molecular weight excluding hydrogens is 582 g/mol. The fourth-order valence-electron chi connectivity index (χ4n) is 6.38. The number of halogens is 2. The van der Waals surface area contributed by atoms with Crippen LogP contribution in [0.25, 0.3) is 0 Å². The largest absolute Gasteiger partial charge is 0.490 e. The molecule has 0 aromatic heterocycles. The Labute approximate surface area is 260 Å². The Balaban J connectivity index is 1.04. The van der Waals surface area contributed by atoms with Gasteiger partial charge in [-0.15, -0.1) is 0 Å². The molecule has 236 valence electrons. The summed E-state index contributed by atoms with van der Waals surface area (Å²) < 4.78 is 39.2. The number of benzene rings is 3. The lowest BCUT2D eigenvalue weighted by Crippen LogP contribution is -2.54. The van der Waals surface area contributed by atoms with Crippen molar-refractivity contribution in [3.63, 3.8) is 0 Å². The zero-order valence-corrected chi connectivity index (χ0v) is 25.0. The molecule has 2 saturated heterocycles. The quantitative estimate of drug-likeness (QED) is 0.408. The van der Waals surface area contributed by atoms with Crippen LogP contribution in [0.2, 0.25) is 0 Å². The van der Waals surface area contributed by atoms with Crippen LogP contribution in [0.4, 0.5) is 14.5 Å². The first-order valence-corrected chi connectivity index (χ1v) is 15.2. The van der Waals surface area contributed by atoms with Crippen LogP contribution in [0.3, 0.4) is 0 Å². The van der Waals surface area contributed by atoms with Crippen LogP contribution in [0.1, 0.15) is 52.0 Å². The SMILES string of the molecule is CN1C(=O)c2cc(NC(=O)c3ccc(F)c(F)c3)ccc2OC[C@H]2O[C@@H](CC(=O)N[C@@H]3CCN(Cc4ccccc4)C3)CC[C@H]21. The molecule has 0 radical (unpaired) electrons. The molecule has 3 aliphatic rings. The van der Waals surface area contributed by atoms with Crippen molar-refractivity contribution >= 4 is 23.4 Å². The predicted molar refractivity (Wildman–Crippen MR) is 163 cm³/mol. The van der Waals surface area contributed by atoms with E-state index in [1.807, 2.05) is 18.2 Å². The number of carbonyl (C=O) groups is 3. The van der Waals surface area contributed by atoms with Gasteiger partial charge in [-0.2, -0.15) is 0 Å². The van der Waals surface area contributed by atoms with Crippen LogP contribution in [-0.4, -0.2) is 78.6 Å². The standard InChI is InChI=1S/C34H36F2N4O5/c1-39-29-11-9-25(17-32(41)37-24-13-14-40(19-24)18-21-5-3-2-4-6-21)45-31(29)20-44-30-12-8-23(16-26(30)34(39)43)38-33(42)22-7-10-27(35)28(36)15-22/h2-8,10,12,15-16,24-25,29,31H,9,11,13-14,17-20H2,1H3,(H,37,41)(H,38,42)/t24-,25-,29-,31-/m1/s1. The maximum absolute atomic E-state index is 13.6. The predicted octanol–water partition coefficient (Wildman–Crippen LogP) is 4.38. The molecule has 3 aromatic carbocycles. The van der Waals surface area contributed by atoms with Crippen molar-refractivity contribution in [2.24, 2.45) is 0 Å². The van der Waals surface area contributed by atoms with E-state index >= 15 is 0 Å². The summed E-state index contributed by atoms with van der Waals surface area (Å²) in [5, 5.41) is 5.80. The highest BCUT2D eigenvalue weighted by atomic mass is 19.2. The summed E-state index contributed by atoms with van der Waals surface area (Å²) in [6.45, 7) is 2.80. The number of hydrogen-bond donors (Lipinski definition) is 2. The molecule has 0 unspecified atom stereocenters. The molecule has 2 N–H and O–H groups in total. The first-order valence-electron chi connectivity index (χ1n) is 15.2. The van der Waals surface area contributed by atoms with Crippen LogP contribution < -0.4 is 15.4 Å². The maximum atomic E-state index is 13.6. The minimum absolute atomic E-state index is 0.0375. The number of hydrogen-bond acceptors (Lipinski definition) is 6. The van der Waals surface area contributed by atoms with Gasteiger partial charge in [0, 0.05) is 44.0 Å². The van der Waals surface area contributed by atoms with Gasteiger partial charge in [0.1, 0.15) is 18.5 Å². The minimum atomic E-state index is -1.13. The van der Waals surface area contributed by atoms with E-state index in [1.165, 1.54) is 17.7 Å². The van der Waals surface area contributed by atoms with Crippen LogP contribution in [0, 0.1) is 11.6 Å². The number of fused-ring (bicyclic) bond motifs is 2. The number of carbonyl (C=O) groups excluding carboxylic acids is 3. The van der Waals surface area contributed by atoms with Crippen molar-refractivity contribution in [1.82, 2.24) is 15.1 Å². The van der Waals surface area contributed by atoms with Crippen LogP contribution >= 0.6 is 0 Å². The lowest BCUT2D eigenvalue weighted by Gasteiger charge is -2.42. The molecule has 9 nitrogen and oxygen atoms in total. The maximum Gasteiger partial charge on any atom is 0.257 e.